The largest absolute Gasteiger partial charge is 0.479 e. The van der Waals surface area contributed by atoms with Crippen molar-refractivity contribution in [3.63, 3.8) is 0 Å². The highest BCUT2D eigenvalue weighted by molar-refractivity contribution is 6.16. The molecule has 2 rings (SSSR count). The van der Waals surface area contributed by atoms with E-state index in [0.29, 0.717) is 17.3 Å². The molecule has 0 radical (unpaired) electrons. The van der Waals surface area contributed by atoms with Crippen LogP contribution in [0.5, 0.6) is 5.88 Å². The highest BCUT2D eigenvalue weighted by Crippen LogP contribution is 2.22. The Morgan fingerprint density at radius 2 is 2.17 bits per heavy atom. The van der Waals surface area contributed by atoms with Gasteiger partial charge in [0.15, 0.2) is 11.2 Å². The van der Waals surface area contributed by atoms with Gasteiger partial charge in [-0.25, -0.2) is 9.97 Å². The minimum atomic E-state index is 0.367. The first-order valence-corrected chi connectivity index (χ1v) is 6.65. The average molecular weight is 269 g/mol. The molecule has 0 bridgehead atoms. The summed E-state index contributed by atoms with van der Waals surface area (Å²) >= 11 is 5.94. The summed E-state index contributed by atoms with van der Waals surface area (Å²) < 4.78 is 7.25. The SMILES string of the molecule is CCCCCn1c(CCl)nc2c(OC)ncnc21. The number of fused-ring (bicyclic) bond motifs is 1. The Balaban J connectivity index is 2.42. The van der Waals surface area contributed by atoms with Crippen LogP contribution in [0.15, 0.2) is 6.33 Å². The van der Waals surface area contributed by atoms with Crippen LogP contribution < -0.4 is 4.74 Å². The van der Waals surface area contributed by atoms with Gasteiger partial charge in [-0.3, -0.25) is 0 Å². The molecule has 18 heavy (non-hydrogen) atoms. The lowest BCUT2D eigenvalue weighted by molar-refractivity contribution is 0.401. The molecule has 0 fully saturated rings. The molecule has 0 aliphatic carbocycles. The lowest BCUT2D eigenvalue weighted by atomic mass is 10.2. The summed E-state index contributed by atoms with van der Waals surface area (Å²) in [5.41, 5.74) is 1.49. The molecule has 0 amide bonds. The maximum atomic E-state index is 5.94. The van der Waals surface area contributed by atoms with Gasteiger partial charge in [-0.2, -0.15) is 4.98 Å². The molecule has 0 saturated heterocycles. The molecule has 2 aromatic heterocycles. The van der Waals surface area contributed by atoms with Crippen LogP contribution in [0.1, 0.15) is 32.0 Å². The summed E-state index contributed by atoms with van der Waals surface area (Å²) in [5, 5.41) is 0. The number of halogens is 1. The van der Waals surface area contributed by atoms with Crippen LogP contribution in [0.2, 0.25) is 0 Å². The van der Waals surface area contributed by atoms with Crippen LogP contribution in [0.3, 0.4) is 0 Å². The van der Waals surface area contributed by atoms with E-state index in [9.17, 15) is 0 Å². The van der Waals surface area contributed by atoms with Gasteiger partial charge in [0.2, 0.25) is 5.88 Å². The van der Waals surface area contributed by atoms with Gasteiger partial charge in [-0.15, -0.1) is 11.6 Å². The summed E-state index contributed by atoms with van der Waals surface area (Å²) in [4.78, 5) is 12.8. The van der Waals surface area contributed by atoms with Gasteiger partial charge < -0.3 is 9.30 Å². The Hall–Kier alpha value is -1.36. The maximum Gasteiger partial charge on any atom is 0.245 e. The van der Waals surface area contributed by atoms with Crippen molar-refractivity contribution in [2.24, 2.45) is 0 Å². The monoisotopic (exact) mass is 268 g/mol. The molecular formula is C12H17ClN4O. The second kappa shape index (κ2) is 6.00. The average Bonchev–Trinajstić information content (AvgIpc) is 2.77. The van der Waals surface area contributed by atoms with E-state index in [4.69, 9.17) is 16.3 Å². The first kappa shape index (κ1) is 13.1. The van der Waals surface area contributed by atoms with Crippen LogP contribution in [-0.2, 0) is 12.4 Å². The second-order valence-electron chi connectivity index (χ2n) is 4.08. The molecule has 0 aliphatic heterocycles. The standard InChI is InChI=1S/C12H17ClN4O/c1-3-4-5-6-17-9(7-13)16-10-11(17)14-8-15-12(10)18-2/h8H,3-7H2,1-2H3. The fraction of sp³-hybridized carbons (Fsp3) is 0.583. The van der Waals surface area contributed by atoms with Gasteiger partial charge in [-0.1, -0.05) is 19.8 Å². The number of alkyl halides is 1. The van der Waals surface area contributed by atoms with E-state index >= 15 is 0 Å². The Morgan fingerprint density at radius 1 is 1.33 bits per heavy atom. The first-order chi connectivity index (χ1) is 8.81. The van der Waals surface area contributed by atoms with Crippen molar-refractivity contribution in [1.29, 1.82) is 0 Å². The molecule has 0 spiro atoms. The first-order valence-electron chi connectivity index (χ1n) is 6.11. The van der Waals surface area contributed by atoms with Crippen molar-refractivity contribution in [1.82, 2.24) is 19.5 Å². The number of nitrogens with zero attached hydrogens (tertiary/aromatic N) is 4. The zero-order valence-corrected chi connectivity index (χ0v) is 11.4. The van der Waals surface area contributed by atoms with E-state index in [1.165, 1.54) is 19.2 Å². The van der Waals surface area contributed by atoms with Crippen molar-refractivity contribution in [2.75, 3.05) is 7.11 Å². The molecule has 0 aliphatic rings. The molecule has 0 unspecified atom stereocenters. The number of aromatic nitrogens is 4. The number of imidazole rings is 1. The fourth-order valence-electron chi connectivity index (χ4n) is 1.97. The van der Waals surface area contributed by atoms with E-state index in [1.807, 2.05) is 0 Å². The van der Waals surface area contributed by atoms with Crippen molar-refractivity contribution in [2.45, 2.75) is 38.6 Å². The van der Waals surface area contributed by atoms with Gasteiger partial charge in [0, 0.05) is 6.54 Å². The predicted molar refractivity (Wildman–Crippen MR) is 71.0 cm³/mol. The maximum absolute atomic E-state index is 5.94. The minimum Gasteiger partial charge on any atom is -0.479 e. The lowest BCUT2D eigenvalue weighted by Gasteiger charge is -2.06. The third kappa shape index (κ3) is 2.41. The topological polar surface area (TPSA) is 52.8 Å². The van der Waals surface area contributed by atoms with E-state index in [2.05, 4.69) is 26.4 Å². The highest BCUT2D eigenvalue weighted by Gasteiger charge is 2.15. The third-order valence-corrected chi connectivity index (χ3v) is 3.11. The Morgan fingerprint density at radius 3 is 2.83 bits per heavy atom. The van der Waals surface area contributed by atoms with Crippen LogP contribution in [0.4, 0.5) is 0 Å². The Kier molecular flexibility index (Phi) is 4.36. The zero-order valence-electron chi connectivity index (χ0n) is 10.7. The molecule has 0 atom stereocenters. The van der Waals surface area contributed by atoms with E-state index in [1.54, 1.807) is 7.11 Å². The zero-order chi connectivity index (χ0) is 13.0. The lowest BCUT2D eigenvalue weighted by Crippen LogP contribution is -2.03. The highest BCUT2D eigenvalue weighted by atomic mass is 35.5. The van der Waals surface area contributed by atoms with E-state index < -0.39 is 0 Å². The van der Waals surface area contributed by atoms with Crippen molar-refractivity contribution < 1.29 is 4.74 Å². The van der Waals surface area contributed by atoms with Gasteiger partial charge in [0.1, 0.15) is 12.2 Å². The number of ether oxygens (including phenoxy) is 1. The van der Waals surface area contributed by atoms with Gasteiger partial charge in [0.25, 0.3) is 0 Å². The molecule has 2 heterocycles. The van der Waals surface area contributed by atoms with E-state index in [0.717, 1.165) is 24.4 Å². The van der Waals surface area contributed by atoms with E-state index in [-0.39, 0.29) is 0 Å². The molecule has 98 valence electrons. The molecule has 6 heteroatoms. The summed E-state index contributed by atoms with van der Waals surface area (Å²) in [5.74, 6) is 1.69. The number of methoxy groups -OCH3 is 1. The van der Waals surface area contributed by atoms with Gasteiger partial charge in [-0.05, 0) is 6.42 Å². The van der Waals surface area contributed by atoms with Crippen LogP contribution in [0, 0.1) is 0 Å². The number of hydrogen-bond acceptors (Lipinski definition) is 4. The summed E-state index contributed by atoms with van der Waals surface area (Å²) in [7, 11) is 1.58. The van der Waals surface area contributed by atoms with Crippen molar-refractivity contribution in [3.05, 3.63) is 12.2 Å². The summed E-state index contributed by atoms with van der Waals surface area (Å²) in [6.45, 7) is 3.06. The number of rotatable bonds is 6. The normalized spacial score (nSPS) is 11.1. The van der Waals surface area contributed by atoms with Crippen molar-refractivity contribution >= 4 is 22.8 Å². The number of aryl methyl sites for hydroxylation is 1. The van der Waals surface area contributed by atoms with Crippen LogP contribution >= 0.6 is 11.6 Å². The Labute approximate surface area is 111 Å². The second-order valence-corrected chi connectivity index (χ2v) is 4.34. The molecule has 0 N–H and O–H groups in total. The minimum absolute atomic E-state index is 0.367. The number of hydrogen-bond donors (Lipinski definition) is 0. The fourth-order valence-corrected chi connectivity index (χ4v) is 2.17. The van der Waals surface area contributed by atoms with Crippen LogP contribution in [-0.4, -0.2) is 26.6 Å². The number of unbranched alkanes of at least 4 members (excludes halogenated alkanes) is 2. The van der Waals surface area contributed by atoms with Crippen LogP contribution in [0.25, 0.3) is 11.2 Å². The predicted octanol–water partition coefficient (Wildman–Crippen LogP) is 2.76. The summed E-state index contributed by atoms with van der Waals surface area (Å²) in [6.07, 6.45) is 4.96. The molecular weight excluding hydrogens is 252 g/mol. The molecule has 5 nitrogen and oxygen atoms in total. The third-order valence-electron chi connectivity index (χ3n) is 2.88. The quantitative estimate of drug-likeness (QED) is 0.597. The van der Waals surface area contributed by atoms with Gasteiger partial charge in [0.05, 0.1) is 13.0 Å². The van der Waals surface area contributed by atoms with Gasteiger partial charge >= 0.3 is 0 Å². The Bertz CT molecular complexity index is 526. The summed E-state index contributed by atoms with van der Waals surface area (Å²) in [6, 6.07) is 0. The molecule has 2 aromatic rings. The molecule has 0 saturated carbocycles. The van der Waals surface area contributed by atoms with Crippen molar-refractivity contribution in [3.8, 4) is 5.88 Å². The smallest absolute Gasteiger partial charge is 0.245 e. The molecule has 0 aromatic carbocycles.